The molecule has 0 aromatic rings. The Labute approximate surface area is 111 Å². The van der Waals surface area contributed by atoms with E-state index in [0.29, 0.717) is 6.54 Å². The summed E-state index contributed by atoms with van der Waals surface area (Å²) in [5, 5.41) is 2.04. The summed E-state index contributed by atoms with van der Waals surface area (Å²) in [7, 11) is -4.09. The Bertz CT molecular complexity index is 253. The summed E-state index contributed by atoms with van der Waals surface area (Å²) in [6.45, 7) is 9.29. The second-order valence-corrected chi connectivity index (χ2v) is 6.94. The number of rotatable bonds is 10. The van der Waals surface area contributed by atoms with Crippen LogP contribution in [-0.2, 0) is 13.6 Å². The van der Waals surface area contributed by atoms with E-state index in [2.05, 4.69) is 27.7 Å². The predicted molar refractivity (Wildman–Crippen MR) is 70.2 cm³/mol. The molecule has 2 N–H and O–H groups in total. The Morgan fingerprint density at radius 3 is 2.28 bits per heavy atom. The van der Waals surface area contributed by atoms with Crippen LogP contribution in [0.3, 0.4) is 0 Å². The summed E-state index contributed by atoms with van der Waals surface area (Å²) >= 11 is 0. The van der Waals surface area contributed by atoms with Crippen molar-refractivity contribution in [1.29, 1.82) is 0 Å². The van der Waals surface area contributed by atoms with Crippen LogP contribution in [0.15, 0.2) is 0 Å². The van der Waals surface area contributed by atoms with Gasteiger partial charge in [-0.05, 0) is 27.2 Å². The van der Waals surface area contributed by atoms with Crippen LogP contribution in [0.2, 0.25) is 0 Å². The second-order valence-electron chi connectivity index (χ2n) is 5.53. The quantitative estimate of drug-likeness (QED) is 0.485. The average Bonchev–Trinajstić information content (AvgIpc) is 2.23. The number of phosphoric acid groups is 1. The summed E-state index contributed by atoms with van der Waals surface area (Å²) in [4.78, 5) is 11.4. The zero-order valence-electron chi connectivity index (χ0n) is 12.1. The number of phosphoric ester groups is 1. The molecule has 1 atom stereocenters. The van der Waals surface area contributed by atoms with Crippen LogP contribution < -0.4 is 10.2 Å². The lowest BCUT2D eigenvalue weighted by Gasteiger charge is -2.23. The largest absolute Gasteiger partial charge is 0.756 e. The van der Waals surface area contributed by atoms with Gasteiger partial charge in [0.2, 0.25) is 0 Å². The van der Waals surface area contributed by atoms with E-state index in [-0.39, 0.29) is 18.8 Å². The zero-order valence-corrected chi connectivity index (χ0v) is 13.0. The van der Waals surface area contributed by atoms with E-state index in [1.165, 1.54) is 0 Å². The monoisotopic (exact) mass is 281 g/mol. The second kappa shape index (κ2) is 9.05. The molecule has 1 unspecified atom stereocenters. The van der Waals surface area contributed by atoms with Gasteiger partial charge in [0.05, 0.1) is 12.1 Å². The van der Waals surface area contributed by atoms with Gasteiger partial charge >= 0.3 is 0 Å². The minimum atomic E-state index is -4.09. The molecule has 6 heteroatoms. The summed E-state index contributed by atoms with van der Waals surface area (Å²) in [6.07, 6.45) is 3.98. The van der Waals surface area contributed by atoms with E-state index >= 15 is 0 Å². The van der Waals surface area contributed by atoms with Gasteiger partial charge in [0.15, 0.2) is 0 Å². The van der Waals surface area contributed by atoms with Crippen molar-refractivity contribution < 1.29 is 23.8 Å². The van der Waals surface area contributed by atoms with Gasteiger partial charge in [-0.3, -0.25) is 4.57 Å². The molecule has 110 valence electrons. The SMILES string of the molecule is CCCCCCOP(=O)([O-])OCC[NH2+]C(C)(C)C. The van der Waals surface area contributed by atoms with Gasteiger partial charge in [-0.15, -0.1) is 0 Å². The highest BCUT2D eigenvalue weighted by Gasteiger charge is 2.14. The molecular weight excluding hydrogens is 253 g/mol. The fourth-order valence-corrected chi connectivity index (χ4v) is 2.16. The minimum Gasteiger partial charge on any atom is -0.756 e. The fraction of sp³-hybridized carbons (Fsp3) is 1.00. The van der Waals surface area contributed by atoms with Gasteiger partial charge < -0.3 is 19.3 Å². The van der Waals surface area contributed by atoms with Crippen molar-refractivity contribution in [2.24, 2.45) is 0 Å². The van der Waals surface area contributed by atoms with Crippen molar-refractivity contribution in [2.75, 3.05) is 19.8 Å². The van der Waals surface area contributed by atoms with Gasteiger partial charge in [0.1, 0.15) is 13.2 Å². The van der Waals surface area contributed by atoms with Gasteiger partial charge in [0, 0.05) is 0 Å². The molecule has 0 aliphatic carbocycles. The van der Waals surface area contributed by atoms with E-state index in [9.17, 15) is 9.46 Å². The van der Waals surface area contributed by atoms with E-state index < -0.39 is 7.82 Å². The van der Waals surface area contributed by atoms with Crippen LogP contribution in [0.1, 0.15) is 53.4 Å². The molecule has 0 spiro atoms. The van der Waals surface area contributed by atoms with Crippen molar-refractivity contribution in [3.63, 3.8) is 0 Å². The molecule has 0 aromatic heterocycles. The van der Waals surface area contributed by atoms with Crippen molar-refractivity contribution in [3.8, 4) is 0 Å². The van der Waals surface area contributed by atoms with Crippen molar-refractivity contribution in [1.82, 2.24) is 0 Å². The third-order valence-corrected chi connectivity index (χ3v) is 3.37. The molecule has 0 bridgehead atoms. The molecule has 0 saturated heterocycles. The third kappa shape index (κ3) is 12.5. The summed E-state index contributed by atoms with van der Waals surface area (Å²) in [5.41, 5.74) is 0.0806. The highest BCUT2D eigenvalue weighted by molar-refractivity contribution is 7.45. The van der Waals surface area contributed by atoms with E-state index in [4.69, 9.17) is 9.05 Å². The molecule has 5 nitrogen and oxygen atoms in total. The van der Waals surface area contributed by atoms with Crippen molar-refractivity contribution in [3.05, 3.63) is 0 Å². The standard InChI is InChI=1S/C12H28NO4P/c1-5-6-7-8-10-16-18(14,15)17-11-9-13-12(2,3)4/h13H,5-11H2,1-4H3,(H,14,15). The Balaban J connectivity index is 3.58. The predicted octanol–water partition coefficient (Wildman–Crippen LogP) is 1.43. The normalized spacial score (nSPS) is 15.6. The third-order valence-electron chi connectivity index (χ3n) is 2.37. The van der Waals surface area contributed by atoms with Gasteiger partial charge in [-0.25, -0.2) is 0 Å². The van der Waals surface area contributed by atoms with Crippen LogP contribution in [0.5, 0.6) is 0 Å². The first-order valence-corrected chi connectivity index (χ1v) is 8.17. The first-order valence-electron chi connectivity index (χ1n) is 6.71. The minimum absolute atomic E-state index is 0.0806. The van der Waals surface area contributed by atoms with E-state index in [0.717, 1.165) is 25.7 Å². The number of unbranched alkanes of at least 4 members (excludes halogenated alkanes) is 3. The van der Waals surface area contributed by atoms with Crippen molar-refractivity contribution >= 4 is 7.82 Å². The molecule has 0 saturated carbocycles. The van der Waals surface area contributed by atoms with E-state index in [1.54, 1.807) is 0 Å². The average molecular weight is 281 g/mol. The van der Waals surface area contributed by atoms with Crippen LogP contribution in [-0.4, -0.2) is 25.3 Å². The van der Waals surface area contributed by atoms with Gasteiger partial charge in [-0.1, -0.05) is 26.2 Å². The highest BCUT2D eigenvalue weighted by Crippen LogP contribution is 2.37. The maximum absolute atomic E-state index is 11.4. The Morgan fingerprint density at radius 1 is 1.11 bits per heavy atom. The lowest BCUT2D eigenvalue weighted by molar-refractivity contribution is -0.717. The van der Waals surface area contributed by atoms with Gasteiger partial charge in [-0.2, -0.15) is 0 Å². The molecule has 0 rings (SSSR count). The Kier molecular flexibility index (Phi) is 9.09. The maximum atomic E-state index is 11.4. The van der Waals surface area contributed by atoms with E-state index in [1.807, 2.05) is 5.32 Å². The summed E-state index contributed by atoms with van der Waals surface area (Å²) in [5.74, 6) is 0. The van der Waals surface area contributed by atoms with Crippen LogP contribution in [0.4, 0.5) is 0 Å². The Hall–Kier alpha value is 0.0700. The molecule has 0 fully saturated rings. The lowest BCUT2D eigenvalue weighted by Crippen LogP contribution is -2.95. The lowest BCUT2D eigenvalue weighted by atomic mass is 10.1. The van der Waals surface area contributed by atoms with Crippen molar-refractivity contribution in [2.45, 2.75) is 58.9 Å². The highest BCUT2D eigenvalue weighted by atomic mass is 31.2. The molecular formula is C12H28NO4P. The van der Waals surface area contributed by atoms with Crippen LogP contribution in [0.25, 0.3) is 0 Å². The fourth-order valence-electron chi connectivity index (χ4n) is 1.40. The molecule has 0 amide bonds. The molecule has 0 aromatic carbocycles. The topological polar surface area (TPSA) is 75.2 Å². The number of hydrogen-bond acceptors (Lipinski definition) is 4. The molecule has 0 heterocycles. The van der Waals surface area contributed by atoms with Gasteiger partial charge in [0.25, 0.3) is 7.82 Å². The first kappa shape index (κ1) is 18.1. The number of quaternary nitrogens is 1. The zero-order chi connectivity index (χ0) is 14.1. The maximum Gasteiger partial charge on any atom is 0.268 e. The molecule has 18 heavy (non-hydrogen) atoms. The Morgan fingerprint density at radius 2 is 1.72 bits per heavy atom. The molecule has 0 aliphatic heterocycles. The first-order chi connectivity index (χ1) is 8.27. The number of hydrogen-bond donors (Lipinski definition) is 1. The summed E-state index contributed by atoms with van der Waals surface area (Å²) in [6, 6.07) is 0. The van der Waals surface area contributed by atoms with Crippen LogP contribution in [0, 0.1) is 0 Å². The molecule has 0 aliphatic rings. The number of nitrogens with two attached hydrogens (primary N) is 1. The smallest absolute Gasteiger partial charge is 0.268 e. The summed E-state index contributed by atoms with van der Waals surface area (Å²) < 4.78 is 20.9. The molecule has 0 radical (unpaired) electrons. The van der Waals surface area contributed by atoms with Crippen LogP contribution >= 0.6 is 7.82 Å².